The first-order valence-corrected chi connectivity index (χ1v) is 8.55. The third-order valence-corrected chi connectivity index (χ3v) is 6.16. The summed E-state index contributed by atoms with van der Waals surface area (Å²) in [6.45, 7) is 0. The van der Waals surface area contributed by atoms with E-state index in [2.05, 4.69) is 17.3 Å². The second-order valence-corrected chi connectivity index (χ2v) is 7.39. The predicted octanol–water partition coefficient (Wildman–Crippen LogP) is 1.69. The molecule has 2 saturated carbocycles. The first kappa shape index (κ1) is 15.2. The lowest BCUT2D eigenvalue weighted by Gasteiger charge is -2.37. The van der Waals surface area contributed by atoms with Gasteiger partial charge in [0.15, 0.2) is 5.75 Å². The number of carbonyl (C=O) groups excluding carboxylic acids is 2. The molecule has 6 rings (SSSR count). The topological polar surface area (TPSA) is 113 Å². The molecule has 2 bridgehead atoms. The van der Waals surface area contributed by atoms with Crippen molar-refractivity contribution in [1.82, 2.24) is 5.01 Å². The molecule has 1 saturated heterocycles. The summed E-state index contributed by atoms with van der Waals surface area (Å²) >= 11 is 0. The molecule has 5 aliphatic rings. The Kier molecular flexibility index (Phi) is 2.93. The van der Waals surface area contributed by atoms with Crippen LogP contribution in [0.2, 0.25) is 0 Å². The van der Waals surface area contributed by atoms with E-state index in [1.807, 2.05) is 0 Å². The Morgan fingerprint density at radius 3 is 2.35 bits per heavy atom. The number of phenols is 1. The van der Waals surface area contributed by atoms with Gasteiger partial charge < -0.3 is 5.11 Å². The fourth-order valence-electron chi connectivity index (χ4n) is 4.95. The summed E-state index contributed by atoms with van der Waals surface area (Å²) < 4.78 is 0. The van der Waals surface area contributed by atoms with Gasteiger partial charge in [0.1, 0.15) is 0 Å². The van der Waals surface area contributed by atoms with Gasteiger partial charge in [-0.2, -0.15) is 10.1 Å². The number of rotatable bonds is 3. The van der Waals surface area contributed by atoms with Gasteiger partial charge in [-0.15, -0.1) is 0 Å². The average Bonchev–Trinajstić information content (AvgIpc) is 3.40. The molecule has 2 amide bonds. The number of hydrazone groups is 1. The number of amides is 2. The molecule has 1 N–H and O–H groups in total. The van der Waals surface area contributed by atoms with Crippen molar-refractivity contribution in [2.75, 3.05) is 0 Å². The smallest absolute Gasteiger partial charge is 0.311 e. The number of allylic oxidation sites excluding steroid dienone is 2. The monoisotopic (exact) mass is 353 g/mol. The number of phenolic OH excluding ortho intramolecular Hbond substituents is 1. The molecule has 1 aromatic carbocycles. The van der Waals surface area contributed by atoms with Crippen LogP contribution in [0.1, 0.15) is 12.0 Å². The first-order valence-electron chi connectivity index (χ1n) is 8.55. The van der Waals surface area contributed by atoms with Crippen molar-refractivity contribution < 1.29 is 19.6 Å². The minimum Gasteiger partial charge on any atom is -0.502 e. The Bertz CT molecular complexity index is 887. The lowest BCUT2D eigenvalue weighted by Crippen LogP contribution is -2.40. The van der Waals surface area contributed by atoms with E-state index >= 15 is 0 Å². The molecule has 1 aromatic rings. The van der Waals surface area contributed by atoms with Gasteiger partial charge in [-0.1, -0.05) is 12.2 Å². The van der Waals surface area contributed by atoms with Gasteiger partial charge in [-0.3, -0.25) is 19.7 Å². The molecular formula is C18H15N3O5. The average molecular weight is 353 g/mol. The third-order valence-electron chi connectivity index (χ3n) is 6.16. The Morgan fingerprint density at radius 2 is 1.77 bits per heavy atom. The lowest BCUT2D eigenvalue weighted by atomic mass is 9.63. The minimum atomic E-state index is -0.705. The highest BCUT2D eigenvalue weighted by atomic mass is 16.6. The van der Waals surface area contributed by atoms with Crippen LogP contribution in [0.15, 0.2) is 35.5 Å². The van der Waals surface area contributed by atoms with E-state index in [-0.39, 0.29) is 35.5 Å². The molecule has 1 aliphatic heterocycles. The molecule has 0 aromatic heterocycles. The summed E-state index contributed by atoms with van der Waals surface area (Å²) in [5.74, 6) is -0.377. The summed E-state index contributed by atoms with van der Waals surface area (Å²) in [7, 11) is 0. The van der Waals surface area contributed by atoms with Crippen LogP contribution in [0.5, 0.6) is 5.75 Å². The molecule has 3 fully saturated rings. The van der Waals surface area contributed by atoms with Crippen molar-refractivity contribution in [3.8, 4) is 5.75 Å². The van der Waals surface area contributed by atoms with Crippen molar-refractivity contribution in [1.29, 1.82) is 0 Å². The van der Waals surface area contributed by atoms with Gasteiger partial charge in [0, 0.05) is 11.6 Å². The number of aromatic hydroxyl groups is 1. The van der Waals surface area contributed by atoms with Crippen molar-refractivity contribution in [2.45, 2.75) is 6.42 Å². The van der Waals surface area contributed by atoms with Crippen molar-refractivity contribution in [2.24, 2.45) is 40.6 Å². The summed E-state index contributed by atoms with van der Waals surface area (Å²) in [6, 6.07) is 3.77. The van der Waals surface area contributed by atoms with E-state index in [1.54, 1.807) is 0 Å². The molecule has 6 atom stereocenters. The van der Waals surface area contributed by atoms with Crippen LogP contribution in [-0.4, -0.2) is 33.1 Å². The Morgan fingerprint density at radius 1 is 1.15 bits per heavy atom. The van der Waals surface area contributed by atoms with Crippen LogP contribution in [0.3, 0.4) is 0 Å². The molecule has 132 valence electrons. The number of hydrogen-bond donors (Lipinski definition) is 1. The summed E-state index contributed by atoms with van der Waals surface area (Å²) in [5, 5.41) is 25.3. The zero-order valence-corrected chi connectivity index (χ0v) is 13.6. The molecule has 0 unspecified atom stereocenters. The maximum atomic E-state index is 12.8. The standard InChI is InChI=1S/C18H15N3O5/c22-14-4-1-8(5-13(14)21(25)26)7-19-20-17(23)15-9-2-3-10(12-6-11(9)12)16(15)18(20)24/h1-5,7,9-12,15-16,22H,6H2/b19-7-/t9-,10-,11-,12+,15-,16+/m0/s1. The van der Waals surface area contributed by atoms with Gasteiger partial charge in [-0.05, 0) is 42.2 Å². The third kappa shape index (κ3) is 1.92. The largest absolute Gasteiger partial charge is 0.502 e. The van der Waals surface area contributed by atoms with E-state index in [4.69, 9.17) is 0 Å². The minimum absolute atomic E-state index is 0.126. The highest BCUT2D eigenvalue weighted by molar-refractivity contribution is 6.06. The highest BCUT2D eigenvalue weighted by Crippen LogP contribution is 2.65. The van der Waals surface area contributed by atoms with Crippen LogP contribution in [0, 0.1) is 45.6 Å². The maximum absolute atomic E-state index is 12.8. The highest BCUT2D eigenvalue weighted by Gasteiger charge is 2.67. The van der Waals surface area contributed by atoms with Gasteiger partial charge in [-0.25, -0.2) is 0 Å². The lowest BCUT2D eigenvalue weighted by molar-refractivity contribution is -0.385. The second-order valence-electron chi connectivity index (χ2n) is 7.39. The van der Waals surface area contributed by atoms with E-state index < -0.39 is 16.4 Å². The van der Waals surface area contributed by atoms with Crippen LogP contribution in [0.25, 0.3) is 0 Å². The second kappa shape index (κ2) is 5.00. The molecule has 4 aliphatic carbocycles. The van der Waals surface area contributed by atoms with E-state index in [0.29, 0.717) is 17.4 Å². The van der Waals surface area contributed by atoms with E-state index in [9.17, 15) is 24.8 Å². The van der Waals surface area contributed by atoms with Crippen molar-refractivity contribution in [3.63, 3.8) is 0 Å². The number of nitrogens with zero attached hydrogens (tertiary/aromatic N) is 3. The fourth-order valence-corrected chi connectivity index (χ4v) is 4.95. The molecule has 26 heavy (non-hydrogen) atoms. The first-order chi connectivity index (χ1) is 12.5. The van der Waals surface area contributed by atoms with Crippen LogP contribution < -0.4 is 0 Å². The predicted molar refractivity (Wildman–Crippen MR) is 88.9 cm³/mol. The van der Waals surface area contributed by atoms with Gasteiger partial charge in [0.2, 0.25) is 0 Å². The Labute approximate surface area is 147 Å². The van der Waals surface area contributed by atoms with Gasteiger partial charge in [0.25, 0.3) is 11.8 Å². The summed E-state index contributed by atoms with van der Waals surface area (Å²) in [5.41, 5.74) is -0.127. The van der Waals surface area contributed by atoms with Crippen LogP contribution >= 0.6 is 0 Å². The summed E-state index contributed by atoms with van der Waals surface area (Å²) in [4.78, 5) is 35.7. The number of nitro groups is 1. The normalized spacial score (nSPS) is 36.5. The molecule has 0 spiro atoms. The summed E-state index contributed by atoms with van der Waals surface area (Å²) in [6.07, 6.45) is 6.51. The van der Waals surface area contributed by atoms with Gasteiger partial charge >= 0.3 is 5.69 Å². The zero-order chi connectivity index (χ0) is 18.2. The number of hydrogen-bond acceptors (Lipinski definition) is 6. The van der Waals surface area contributed by atoms with Crippen molar-refractivity contribution >= 4 is 23.7 Å². The van der Waals surface area contributed by atoms with Crippen molar-refractivity contribution in [3.05, 3.63) is 46.0 Å². The number of benzene rings is 1. The van der Waals surface area contributed by atoms with E-state index in [1.165, 1.54) is 18.3 Å². The number of nitro benzene ring substituents is 1. The SMILES string of the molecule is O=C1[C@@H]2[C@H]3C=C[C@@H]([C@@H]4C[C@H]34)[C@@H]2C(=O)N1/N=C\c1ccc(O)c([N+](=O)[O-])c1. The van der Waals surface area contributed by atoms with E-state index in [0.717, 1.165) is 17.5 Å². The van der Waals surface area contributed by atoms with Crippen LogP contribution in [0.4, 0.5) is 5.69 Å². The molecule has 1 heterocycles. The Balaban J connectivity index is 1.43. The quantitative estimate of drug-likeness (QED) is 0.292. The van der Waals surface area contributed by atoms with Gasteiger partial charge in [0.05, 0.1) is 23.0 Å². The van der Waals surface area contributed by atoms with Crippen LogP contribution in [-0.2, 0) is 9.59 Å². The maximum Gasteiger partial charge on any atom is 0.311 e. The molecule has 0 radical (unpaired) electrons. The Hall–Kier alpha value is -3.03. The number of carbonyl (C=O) groups is 2. The molecular weight excluding hydrogens is 338 g/mol. The zero-order valence-electron chi connectivity index (χ0n) is 13.6. The number of imide groups is 1. The fraction of sp³-hybridized carbons (Fsp3) is 0.389. The molecule has 8 heteroatoms. The molecule has 8 nitrogen and oxygen atoms in total.